The van der Waals surface area contributed by atoms with Crippen LogP contribution in [0.5, 0.6) is 11.5 Å². The van der Waals surface area contributed by atoms with Crippen molar-refractivity contribution in [2.45, 2.75) is 18.9 Å². The van der Waals surface area contributed by atoms with Gasteiger partial charge in [-0.25, -0.2) is 9.50 Å². The van der Waals surface area contributed by atoms with Crippen molar-refractivity contribution in [3.8, 4) is 22.8 Å². The van der Waals surface area contributed by atoms with Gasteiger partial charge in [-0.3, -0.25) is 0 Å². The average Bonchev–Trinajstić information content (AvgIpc) is 3.19. The van der Waals surface area contributed by atoms with Crippen LogP contribution in [0.4, 0.5) is 5.82 Å². The highest BCUT2D eigenvalue weighted by Gasteiger charge is 2.15. The van der Waals surface area contributed by atoms with Crippen LogP contribution < -0.4 is 10.1 Å². The third-order valence-electron chi connectivity index (χ3n) is 5.06. The second kappa shape index (κ2) is 7.93. The van der Waals surface area contributed by atoms with Gasteiger partial charge < -0.3 is 14.8 Å². The Balaban J connectivity index is 1.38. The molecule has 2 aromatic carbocycles. The van der Waals surface area contributed by atoms with Crippen molar-refractivity contribution < 1.29 is 9.47 Å². The van der Waals surface area contributed by atoms with Crippen molar-refractivity contribution in [3.63, 3.8) is 0 Å². The molecule has 0 atom stereocenters. The van der Waals surface area contributed by atoms with Crippen molar-refractivity contribution in [1.82, 2.24) is 14.6 Å². The maximum absolute atomic E-state index is 5.88. The van der Waals surface area contributed by atoms with E-state index in [1.807, 2.05) is 77.4 Å². The summed E-state index contributed by atoms with van der Waals surface area (Å²) in [6.07, 6.45) is 3.85. The van der Waals surface area contributed by atoms with E-state index in [-0.39, 0.29) is 0 Å². The minimum Gasteiger partial charge on any atom is -0.457 e. The average molecular weight is 386 g/mol. The molecule has 1 aliphatic heterocycles. The normalized spacial score (nSPS) is 14.8. The van der Waals surface area contributed by atoms with Crippen LogP contribution in [0.3, 0.4) is 0 Å². The molecule has 0 saturated carbocycles. The predicted octanol–water partition coefficient (Wildman–Crippen LogP) is 4.78. The topological polar surface area (TPSA) is 60.7 Å². The van der Waals surface area contributed by atoms with Gasteiger partial charge in [0.05, 0.1) is 11.9 Å². The number of ether oxygens (including phenoxy) is 2. The molecule has 0 radical (unpaired) electrons. The van der Waals surface area contributed by atoms with Crippen molar-refractivity contribution in [2.75, 3.05) is 18.5 Å². The van der Waals surface area contributed by atoms with Gasteiger partial charge in [0.2, 0.25) is 0 Å². The zero-order valence-electron chi connectivity index (χ0n) is 16.0. The number of nitrogens with one attached hydrogen (secondary N) is 1. The van der Waals surface area contributed by atoms with E-state index in [9.17, 15) is 0 Å². The predicted molar refractivity (Wildman–Crippen MR) is 112 cm³/mol. The van der Waals surface area contributed by atoms with Crippen LogP contribution in [0, 0.1) is 0 Å². The maximum atomic E-state index is 5.88. The third kappa shape index (κ3) is 3.93. The molecular formula is C23H22N4O2. The van der Waals surface area contributed by atoms with E-state index < -0.39 is 0 Å². The number of benzene rings is 2. The summed E-state index contributed by atoms with van der Waals surface area (Å²) in [5.41, 5.74) is 2.80. The molecular weight excluding hydrogens is 364 g/mol. The van der Waals surface area contributed by atoms with E-state index in [2.05, 4.69) is 10.3 Å². The molecule has 1 fully saturated rings. The first-order valence-corrected chi connectivity index (χ1v) is 9.87. The van der Waals surface area contributed by atoms with Gasteiger partial charge in [-0.2, -0.15) is 0 Å². The molecule has 3 heterocycles. The Labute approximate surface area is 169 Å². The summed E-state index contributed by atoms with van der Waals surface area (Å²) >= 11 is 0. The molecule has 0 amide bonds. The molecule has 146 valence electrons. The lowest BCUT2D eigenvalue weighted by atomic mass is 10.1. The Morgan fingerprint density at radius 3 is 2.45 bits per heavy atom. The highest BCUT2D eigenvalue weighted by molar-refractivity contribution is 5.64. The van der Waals surface area contributed by atoms with Crippen LogP contribution in [0.2, 0.25) is 0 Å². The summed E-state index contributed by atoms with van der Waals surface area (Å²) in [4.78, 5) is 4.49. The summed E-state index contributed by atoms with van der Waals surface area (Å²) in [5, 5.41) is 8.28. The highest BCUT2D eigenvalue weighted by Crippen LogP contribution is 2.26. The van der Waals surface area contributed by atoms with Crippen molar-refractivity contribution in [1.29, 1.82) is 0 Å². The van der Waals surface area contributed by atoms with E-state index >= 15 is 0 Å². The van der Waals surface area contributed by atoms with Crippen LogP contribution in [0.1, 0.15) is 12.8 Å². The summed E-state index contributed by atoms with van der Waals surface area (Å²) < 4.78 is 13.2. The maximum Gasteiger partial charge on any atom is 0.154 e. The number of nitrogens with zero attached hydrogens (tertiary/aromatic N) is 3. The van der Waals surface area contributed by atoms with Crippen LogP contribution in [-0.4, -0.2) is 33.9 Å². The Morgan fingerprint density at radius 1 is 0.897 bits per heavy atom. The van der Waals surface area contributed by atoms with Crippen LogP contribution >= 0.6 is 0 Å². The molecule has 0 unspecified atom stereocenters. The highest BCUT2D eigenvalue weighted by atomic mass is 16.5. The SMILES string of the molecule is c1ccc(Oc2ccc(-c3cnc4ccc(NC5CCOCC5)nn34)cc2)cc1. The Hall–Kier alpha value is -3.38. The third-order valence-corrected chi connectivity index (χ3v) is 5.06. The number of imidazole rings is 1. The number of anilines is 1. The molecule has 6 nitrogen and oxygen atoms in total. The van der Waals surface area contributed by atoms with Gasteiger partial charge in [0.25, 0.3) is 0 Å². The first-order valence-electron chi connectivity index (χ1n) is 9.87. The molecule has 2 aromatic heterocycles. The van der Waals surface area contributed by atoms with Gasteiger partial charge in [-0.1, -0.05) is 18.2 Å². The molecule has 0 bridgehead atoms. The number of aromatic nitrogens is 3. The monoisotopic (exact) mass is 386 g/mol. The van der Waals surface area contributed by atoms with E-state index in [1.165, 1.54) is 0 Å². The Bertz CT molecular complexity index is 1090. The molecule has 1 saturated heterocycles. The van der Waals surface area contributed by atoms with Gasteiger partial charge in [0.1, 0.15) is 17.3 Å². The van der Waals surface area contributed by atoms with E-state index in [4.69, 9.17) is 14.6 Å². The molecule has 0 spiro atoms. The second-order valence-corrected chi connectivity index (χ2v) is 7.10. The molecule has 1 N–H and O–H groups in total. The lowest BCUT2D eigenvalue weighted by Crippen LogP contribution is -2.28. The van der Waals surface area contributed by atoms with Crippen molar-refractivity contribution in [3.05, 3.63) is 72.9 Å². The molecule has 6 heteroatoms. The minimum absolute atomic E-state index is 0.398. The standard InChI is InChI=1S/C23H22N4O2/c1-2-4-19(5-3-1)29-20-8-6-17(7-9-20)21-16-24-23-11-10-22(26-27(21)23)25-18-12-14-28-15-13-18/h1-11,16,18H,12-15H2,(H,25,26). The quantitative estimate of drug-likeness (QED) is 0.535. The second-order valence-electron chi connectivity index (χ2n) is 7.10. The number of hydrogen-bond donors (Lipinski definition) is 1. The Kier molecular flexibility index (Phi) is 4.84. The first kappa shape index (κ1) is 17.7. The smallest absolute Gasteiger partial charge is 0.154 e. The van der Waals surface area contributed by atoms with Crippen LogP contribution in [0.25, 0.3) is 16.9 Å². The van der Waals surface area contributed by atoms with E-state index in [1.54, 1.807) is 0 Å². The van der Waals surface area contributed by atoms with Crippen LogP contribution in [0.15, 0.2) is 72.9 Å². The van der Waals surface area contributed by atoms with E-state index in [0.717, 1.165) is 60.3 Å². The van der Waals surface area contributed by atoms with Gasteiger partial charge >= 0.3 is 0 Å². The molecule has 5 rings (SSSR count). The van der Waals surface area contributed by atoms with Gasteiger partial charge in [0, 0.05) is 24.8 Å². The Morgan fingerprint density at radius 2 is 1.66 bits per heavy atom. The zero-order chi connectivity index (χ0) is 19.5. The summed E-state index contributed by atoms with van der Waals surface area (Å²) in [6.45, 7) is 1.60. The van der Waals surface area contributed by atoms with Gasteiger partial charge in [0.15, 0.2) is 5.65 Å². The number of para-hydroxylation sites is 1. The van der Waals surface area contributed by atoms with Gasteiger partial charge in [-0.05, 0) is 61.4 Å². The number of rotatable bonds is 5. The first-order chi connectivity index (χ1) is 14.3. The fourth-order valence-corrected chi connectivity index (χ4v) is 3.52. The molecule has 1 aliphatic rings. The largest absolute Gasteiger partial charge is 0.457 e. The molecule has 0 aliphatic carbocycles. The van der Waals surface area contributed by atoms with Crippen molar-refractivity contribution in [2.24, 2.45) is 0 Å². The summed E-state index contributed by atoms with van der Waals surface area (Å²) in [7, 11) is 0. The number of fused-ring (bicyclic) bond motifs is 1. The van der Waals surface area contributed by atoms with Gasteiger partial charge in [-0.15, -0.1) is 5.10 Å². The molecule has 29 heavy (non-hydrogen) atoms. The zero-order valence-corrected chi connectivity index (χ0v) is 16.0. The fraction of sp³-hybridized carbons (Fsp3) is 0.217. The van der Waals surface area contributed by atoms with Crippen LogP contribution in [-0.2, 0) is 4.74 Å². The lowest BCUT2D eigenvalue weighted by Gasteiger charge is -2.23. The number of hydrogen-bond acceptors (Lipinski definition) is 5. The van der Waals surface area contributed by atoms with E-state index in [0.29, 0.717) is 6.04 Å². The minimum atomic E-state index is 0.398. The van der Waals surface area contributed by atoms with Crippen molar-refractivity contribution >= 4 is 11.5 Å². The fourth-order valence-electron chi connectivity index (χ4n) is 3.52. The lowest BCUT2D eigenvalue weighted by molar-refractivity contribution is 0.0903. The summed E-state index contributed by atoms with van der Waals surface area (Å²) in [6, 6.07) is 22.1. The molecule has 4 aromatic rings. The summed E-state index contributed by atoms with van der Waals surface area (Å²) in [5.74, 6) is 2.47.